The third-order valence-electron chi connectivity index (χ3n) is 13.2. The Bertz CT molecular complexity index is 3180. The molecule has 8 aromatic rings. The molecule has 0 bridgehead atoms. The summed E-state index contributed by atoms with van der Waals surface area (Å²) in [6.45, 7) is 11.4. The van der Waals surface area contributed by atoms with Gasteiger partial charge >= 0.3 is 0 Å². The lowest BCUT2D eigenvalue weighted by atomic mass is 9.81. The predicted molar refractivity (Wildman–Crippen MR) is 260 cm³/mol. The van der Waals surface area contributed by atoms with Crippen molar-refractivity contribution in [3.8, 4) is 34.4 Å². The number of fused-ring (bicyclic) bond motifs is 6. The summed E-state index contributed by atoms with van der Waals surface area (Å²) in [5, 5.41) is 19.0. The summed E-state index contributed by atoms with van der Waals surface area (Å²) in [7, 11) is 0. The van der Waals surface area contributed by atoms with E-state index in [0.29, 0.717) is 11.1 Å². The maximum Gasteiger partial charge on any atom is 0.0991 e. The molecule has 0 heterocycles. The smallest absolute Gasteiger partial charge is 0.0991 e. The SMILES string of the molecule is Cc1ccc(N(c2ccc(C#N)cc2)c2ccc3c(c2)C(C)(C)c2cc(/C=C/c4ccc5c(c4)C(C)(C)c4cc(N(c6ccccc6)c6ccc(C#N)cc6)ccc4-5)ccc2-3)cc1. The van der Waals surface area contributed by atoms with Crippen LogP contribution in [0.15, 0.2) is 176 Å². The molecule has 4 nitrogen and oxygen atoms in total. The van der Waals surface area contributed by atoms with Crippen molar-refractivity contribution >= 4 is 46.3 Å². The van der Waals surface area contributed by atoms with Crippen LogP contribution in [0, 0.1) is 29.6 Å². The molecule has 0 amide bonds. The van der Waals surface area contributed by atoms with Gasteiger partial charge in [-0.05, 0) is 160 Å². The second-order valence-electron chi connectivity index (χ2n) is 17.8. The molecule has 0 N–H and O–H groups in total. The van der Waals surface area contributed by atoms with Gasteiger partial charge in [0, 0.05) is 45.0 Å². The Kier molecular flexibility index (Phi) is 9.47. The van der Waals surface area contributed by atoms with E-state index in [-0.39, 0.29) is 10.8 Å². The van der Waals surface area contributed by atoms with E-state index in [1.807, 2.05) is 54.6 Å². The lowest BCUT2D eigenvalue weighted by Gasteiger charge is -2.28. The van der Waals surface area contributed by atoms with Crippen LogP contribution in [-0.4, -0.2) is 0 Å². The molecule has 4 heteroatoms. The van der Waals surface area contributed by atoms with E-state index in [1.54, 1.807) is 0 Å². The molecule has 2 aliphatic rings. The van der Waals surface area contributed by atoms with Gasteiger partial charge in [0.15, 0.2) is 0 Å². The van der Waals surface area contributed by atoms with Crippen LogP contribution in [0.4, 0.5) is 34.1 Å². The predicted octanol–water partition coefficient (Wildman–Crippen LogP) is 15.5. The van der Waals surface area contributed by atoms with E-state index >= 15 is 0 Å². The average molecular weight is 811 g/mol. The van der Waals surface area contributed by atoms with Gasteiger partial charge in [0.1, 0.15) is 0 Å². The van der Waals surface area contributed by atoms with E-state index < -0.39 is 0 Å². The molecule has 0 atom stereocenters. The quantitative estimate of drug-likeness (QED) is 0.143. The van der Waals surface area contributed by atoms with Gasteiger partial charge in [0.05, 0.1) is 23.3 Å². The molecule has 0 saturated carbocycles. The van der Waals surface area contributed by atoms with Gasteiger partial charge in [-0.1, -0.05) is 124 Å². The van der Waals surface area contributed by atoms with Crippen LogP contribution in [0.2, 0.25) is 0 Å². The second kappa shape index (κ2) is 15.2. The highest BCUT2D eigenvalue weighted by Gasteiger charge is 2.37. The molecule has 0 radical (unpaired) electrons. The summed E-state index contributed by atoms with van der Waals surface area (Å²) in [6, 6.07) is 66.7. The number of nitriles is 2. The summed E-state index contributed by atoms with van der Waals surface area (Å²) < 4.78 is 0. The zero-order chi connectivity index (χ0) is 43.5. The van der Waals surface area contributed by atoms with Crippen LogP contribution in [0.1, 0.15) is 77.8 Å². The number of anilines is 6. The van der Waals surface area contributed by atoms with Crippen LogP contribution >= 0.6 is 0 Å². The average Bonchev–Trinajstić information content (AvgIpc) is 3.68. The summed E-state index contributed by atoms with van der Waals surface area (Å²) >= 11 is 0. The third-order valence-corrected chi connectivity index (χ3v) is 13.2. The second-order valence-corrected chi connectivity index (χ2v) is 17.8. The number of rotatable bonds is 8. The van der Waals surface area contributed by atoms with Crippen LogP contribution in [0.3, 0.4) is 0 Å². The molecule has 8 aromatic carbocycles. The van der Waals surface area contributed by atoms with Crippen molar-refractivity contribution in [2.75, 3.05) is 9.80 Å². The first-order valence-corrected chi connectivity index (χ1v) is 21.5. The molecule has 2 aliphatic carbocycles. The van der Waals surface area contributed by atoms with Crippen molar-refractivity contribution in [1.29, 1.82) is 10.5 Å². The number of nitrogens with zero attached hydrogens (tertiary/aromatic N) is 4. The van der Waals surface area contributed by atoms with Crippen molar-refractivity contribution in [2.45, 2.75) is 45.4 Å². The number of aryl methyl sites for hydroxylation is 1. The van der Waals surface area contributed by atoms with Crippen molar-refractivity contribution in [3.63, 3.8) is 0 Å². The summed E-state index contributed by atoms with van der Waals surface area (Å²) in [5.41, 5.74) is 21.1. The summed E-state index contributed by atoms with van der Waals surface area (Å²) in [6.07, 6.45) is 4.50. The van der Waals surface area contributed by atoms with Crippen molar-refractivity contribution < 1.29 is 0 Å². The topological polar surface area (TPSA) is 54.1 Å². The first-order valence-electron chi connectivity index (χ1n) is 21.5. The van der Waals surface area contributed by atoms with Gasteiger partial charge in [-0.25, -0.2) is 0 Å². The van der Waals surface area contributed by atoms with Crippen molar-refractivity contribution in [2.24, 2.45) is 0 Å². The van der Waals surface area contributed by atoms with Gasteiger partial charge in [-0.3, -0.25) is 0 Å². The Morgan fingerprint density at radius 2 is 0.714 bits per heavy atom. The lowest BCUT2D eigenvalue weighted by Crippen LogP contribution is -2.16. The van der Waals surface area contributed by atoms with Gasteiger partial charge in [-0.2, -0.15) is 10.5 Å². The number of hydrogen-bond donors (Lipinski definition) is 0. The van der Waals surface area contributed by atoms with Gasteiger partial charge in [-0.15, -0.1) is 0 Å². The molecule has 0 fully saturated rings. The van der Waals surface area contributed by atoms with Gasteiger partial charge in [0.25, 0.3) is 0 Å². The largest absolute Gasteiger partial charge is 0.310 e. The van der Waals surface area contributed by atoms with Crippen LogP contribution in [0.5, 0.6) is 0 Å². The minimum absolute atomic E-state index is 0.213. The lowest BCUT2D eigenvalue weighted by molar-refractivity contribution is 0.660. The van der Waals surface area contributed by atoms with E-state index in [4.69, 9.17) is 0 Å². The van der Waals surface area contributed by atoms with Crippen molar-refractivity contribution in [1.82, 2.24) is 0 Å². The van der Waals surface area contributed by atoms with Crippen LogP contribution in [-0.2, 0) is 10.8 Å². The molecular formula is C59H46N4. The Balaban J connectivity index is 0.938. The summed E-state index contributed by atoms with van der Waals surface area (Å²) in [4.78, 5) is 4.54. The molecule has 302 valence electrons. The summed E-state index contributed by atoms with van der Waals surface area (Å²) in [5.74, 6) is 0. The Labute approximate surface area is 370 Å². The number of hydrogen-bond acceptors (Lipinski definition) is 4. The Morgan fingerprint density at radius 3 is 1.11 bits per heavy atom. The fourth-order valence-corrected chi connectivity index (χ4v) is 9.70. The molecule has 0 saturated heterocycles. The number of benzene rings is 8. The zero-order valence-electron chi connectivity index (χ0n) is 36.2. The zero-order valence-corrected chi connectivity index (χ0v) is 36.2. The monoisotopic (exact) mass is 810 g/mol. The van der Waals surface area contributed by atoms with Gasteiger partial charge in [0.2, 0.25) is 0 Å². The van der Waals surface area contributed by atoms with E-state index in [1.165, 1.54) is 61.2 Å². The molecule has 10 rings (SSSR count). The molecule has 0 unspecified atom stereocenters. The van der Waals surface area contributed by atoms with E-state index in [9.17, 15) is 10.5 Å². The first kappa shape index (κ1) is 39.2. The molecule has 0 aromatic heterocycles. The normalized spacial score (nSPS) is 13.6. The number of para-hydroxylation sites is 1. The highest BCUT2D eigenvalue weighted by molar-refractivity contribution is 5.89. The highest BCUT2D eigenvalue weighted by atomic mass is 15.1. The Morgan fingerprint density at radius 1 is 0.381 bits per heavy atom. The fourth-order valence-electron chi connectivity index (χ4n) is 9.70. The van der Waals surface area contributed by atoms with E-state index in [2.05, 4.69) is 190 Å². The third kappa shape index (κ3) is 6.78. The molecule has 0 aliphatic heterocycles. The highest BCUT2D eigenvalue weighted by Crippen LogP contribution is 2.53. The fraction of sp³-hybridized carbons (Fsp3) is 0.119. The minimum atomic E-state index is -0.216. The Hall–Kier alpha value is -7.92. The molecular weight excluding hydrogens is 765 g/mol. The minimum Gasteiger partial charge on any atom is -0.310 e. The maximum atomic E-state index is 9.49. The first-order chi connectivity index (χ1) is 30.5. The maximum absolute atomic E-state index is 9.49. The molecule has 0 spiro atoms. The van der Waals surface area contributed by atoms with Crippen LogP contribution < -0.4 is 9.80 Å². The van der Waals surface area contributed by atoms with Crippen molar-refractivity contribution in [3.05, 3.63) is 226 Å². The molecule has 63 heavy (non-hydrogen) atoms. The van der Waals surface area contributed by atoms with Gasteiger partial charge < -0.3 is 9.80 Å². The van der Waals surface area contributed by atoms with Crippen LogP contribution in [0.25, 0.3) is 34.4 Å². The van der Waals surface area contributed by atoms with E-state index in [0.717, 1.165) is 34.1 Å². The standard InChI is InChI=1S/C59H46N4/c1-39-11-21-45(22-12-39)63(47-25-17-43(38-61)18-26-47)49-28-32-53-51-30-20-41(34-55(51)59(4,5)57(53)36-49)14-13-40-19-29-50-52-31-27-48(35-56(52)58(2,3)54(50)33-40)62(44-9-7-6-8-10-44)46-23-15-42(37-60)16-24-46/h6-36H,1-5H3/b14-13+.